The highest BCUT2D eigenvalue weighted by molar-refractivity contribution is 6.37. The second kappa shape index (κ2) is 6.40. The molecule has 0 bridgehead atoms. The number of carbonyl (C=O) groups is 1. The summed E-state index contributed by atoms with van der Waals surface area (Å²) in [5, 5.41) is 10.1. The van der Waals surface area contributed by atoms with Crippen LogP contribution in [0.3, 0.4) is 0 Å². The lowest BCUT2D eigenvalue weighted by Crippen LogP contribution is -2.43. The molecule has 130 valence electrons. The zero-order valence-electron chi connectivity index (χ0n) is 14.3. The Morgan fingerprint density at radius 1 is 1.08 bits per heavy atom. The molecule has 1 aliphatic rings. The van der Waals surface area contributed by atoms with Gasteiger partial charge in [0.1, 0.15) is 0 Å². The first-order valence-corrected chi connectivity index (χ1v) is 8.74. The second-order valence-electron chi connectivity index (χ2n) is 6.76. The molecule has 0 spiro atoms. The van der Waals surface area contributed by atoms with Crippen LogP contribution in [0.4, 0.5) is 0 Å². The van der Waals surface area contributed by atoms with E-state index in [1.807, 2.05) is 56.0 Å². The summed E-state index contributed by atoms with van der Waals surface area (Å²) in [6.45, 7) is 6.41. The molecular formula is C20H19Cl2NO2. The number of hydrogen-bond donors (Lipinski definition) is 1. The van der Waals surface area contributed by atoms with E-state index in [9.17, 15) is 9.90 Å². The molecule has 1 amide bonds. The predicted octanol–water partition coefficient (Wildman–Crippen LogP) is 5.25. The van der Waals surface area contributed by atoms with Gasteiger partial charge in [0.05, 0.1) is 15.6 Å². The zero-order valence-corrected chi connectivity index (χ0v) is 15.8. The normalized spacial score (nSPS) is 15.2. The van der Waals surface area contributed by atoms with E-state index in [4.69, 9.17) is 23.2 Å². The summed E-state index contributed by atoms with van der Waals surface area (Å²) in [6, 6.07) is 13.0. The van der Waals surface area contributed by atoms with Crippen molar-refractivity contribution in [2.45, 2.75) is 26.3 Å². The van der Waals surface area contributed by atoms with Gasteiger partial charge in [-0.3, -0.25) is 4.79 Å². The Balaban J connectivity index is 1.99. The number of phenols is 1. The van der Waals surface area contributed by atoms with Crippen LogP contribution in [0, 0.1) is 0 Å². The monoisotopic (exact) mass is 375 g/mol. The molecule has 1 heterocycles. The van der Waals surface area contributed by atoms with Crippen LogP contribution in [0.25, 0.3) is 5.57 Å². The second-order valence-corrected chi connectivity index (χ2v) is 7.57. The van der Waals surface area contributed by atoms with E-state index in [1.165, 1.54) is 0 Å². The molecule has 1 N–H and O–H groups in total. The third-order valence-electron chi connectivity index (χ3n) is 4.74. The summed E-state index contributed by atoms with van der Waals surface area (Å²) >= 11 is 12.1. The molecule has 0 fully saturated rings. The van der Waals surface area contributed by atoms with Crippen LogP contribution in [0.5, 0.6) is 5.75 Å². The Bertz CT molecular complexity index is 850. The minimum atomic E-state index is -0.629. The summed E-state index contributed by atoms with van der Waals surface area (Å²) < 4.78 is 0. The first kappa shape index (κ1) is 17.8. The Kier molecular flexibility index (Phi) is 4.56. The van der Waals surface area contributed by atoms with Crippen molar-refractivity contribution in [1.29, 1.82) is 0 Å². The molecule has 0 atom stereocenters. The van der Waals surface area contributed by atoms with Crippen molar-refractivity contribution in [3.63, 3.8) is 0 Å². The van der Waals surface area contributed by atoms with Crippen molar-refractivity contribution < 1.29 is 9.90 Å². The average molecular weight is 376 g/mol. The largest absolute Gasteiger partial charge is 0.505 e. The lowest BCUT2D eigenvalue weighted by Gasteiger charge is -2.37. The molecule has 0 aliphatic carbocycles. The van der Waals surface area contributed by atoms with Crippen LogP contribution in [0.1, 0.15) is 31.9 Å². The van der Waals surface area contributed by atoms with E-state index < -0.39 is 5.54 Å². The fraction of sp³-hybridized carbons (Fsp3) is 0.250. The van der Waals surface area contributed by atoms with Crippen molar-refractivity contribution in [2.75, 3.05) is 6.54 Å². The summed E-state index contributed by atoms with van der Waals surface area (Å²) in [4.78, 5) is 14.9. The highest BCUT2D eigenvalue weighted by atomic mass is 35.5. The highest BCUT2D eigenvalue weighted by Gasteiger charge is 2.39. The fourth-order valence-electron chi connectivity index (χ4n) is 3.21. The maximum atomic E-state index is 13.1. The molecule has 0 saturated heterocycles. The van der Waals surface area contributed by atoms with Gasteiger partial charge in [0.2, 0.25) is 0 Å². The molecular weight excluding hydrogens is 357 g/mol. The summed E-state index contributed by atoms with van der Waals surface area (Å²) in [6.07, 6.45) is 0. The minimum absolute atomic E-state index is 0.0194. The number of hydrogen-bond acceptors (Lipinski definition) is 2. The Morgan fingerprint density at radius 2 is 1.64 bits per heavy atom. The average Bonchev–Trinajstić information content (AvgIpc) is 2.88. The van der Waals surface area contributed by atoms with Gasteiger partial charge in [0.15, 0.2) is 5.75 Å². The van der Waals surface area contributed by atoms with E-state index in [2.05, 4.69) is 0 Å². The first-order chi connectivity index (χ1) is 11.7. The number of carbonyl (C=O) groups excluding carboxylic acids is 1. The van der Waals surface area contributed by atoms with Crippen molar-refractivity contribution in [1.82, 2.24) is 4.90 Å². The number of amides is 1. The van der Waals surface area contributed by atoms with Crippen LogP contribution in [0.2, 0.25) is 10.0 Å². The first-order valence-electron chi connectivity index (χ1n) is 7.99. The van der Waals surface area contributed by atoms with E-state index in [0.29, 0.717) is 6.54 Å². The molecule has 2 aromatic rings. The molecule has 3 rings (SSSR count). The Hall–Kier alpha value is -1.97. The molecule has 25 heavy (non-hydrogen) atoms. The molecule has 0 unspecified atom stereocenters. The predicted molar refractivity (Wildman–Crippen MR) is 102 cm³/mol. The van der Waals surface area contributed by atoms with E-state index >= 15 is 0 Å². The van der Waals surface area contributed by atoms with Crippen LogP contribution in [-0.2, 0) is 10.3 Å². The number of benzene rings is 2. The maximum absolute atomic E-state index is 13.1. The SMILES string of the molecule is CC1=C(c2ccccc2)C(=O)N(C(C)(C)c2cc(Cl)c(O)c(Cl)c2)C1. The number of aromatic hydroxyl groups is 1. The smallest absolute Gasteiger partial charge is 0.255 e. The zero-order chi connectivity index (χ0) is 18.4. The topological polar surface area (TPSA) is 40.5 Å². The van der Waals surface area contributed by atoms with Gasteiger partial charge in [-0.25, -0.2) is 0 Å². The van der Waals surface area contributed by atoms with Gasteiger partial charge in [-0.2, -0.15) is 0 Å². The highest BCUT2D eigenvalue weighted by Crippen LogP contribution is 2.41. The molecule has 0 radical (unpaired) electrons. The summed E-state index contributed by atoms with van der Waals surface area (Å²) in [5.74, 6) is -0.163. The Morgan fingerprint density at radius 3 is 2.20 bits per heavy atom. The number of nitrogens with zero attached hydrogens (tertiary/aromatic N) is 1. The van der Waals surface area contributed by atoms with Gasteiger partial charge in [0.25, 0.3) is 5.91 Å². The number of phenolic OH excluding ortho intramolecular Hbond substituents is 1. The van der Waals surface area contributed by atoms with Gasteiger partial charge in [-0.15, -0.1) is 0 Å². The third-order valence-corrected chi connectivity index (χ3v) is 5.32. The quantitative estimate of drug-likeness (QED) is 0.795. The molecule has 2 aromatic carbocycles. The fourth-order valence-corrected chi connectivity index (χ4v) is 3.69. The molecule has 5 heteroatoms. The van der Waals surface area contributed by atoms with Gasteiger partial charge in [-0.05, 0) is 49.6 Å². The van der Waals surface area contributed by atoms with Gasteiger partial charge >= 0.3 is 0 Å². The van der Waals surface area contributed by atoms with Gasteiger partial charge < -0.3 is 10.0 Å². The van der Waals surface area contributed by atoms with E-state index in [-0.39, 0.29) is 21.7 Å². The standard InChI is InChI=1S/C20H19Cl2NO2/c1-12-11-23(19(25)17(12)13-7-5-4-6-8-13)20(2,3)14-9-15(21)18(24)16(22)10-14/h4-10,24H,11H2,1-3H3. The van der Waals surface area contributed by atoms with Gasteiger partial charge in [-0.1, -0.05) is 53.5 Å². The third kappa shape index (κ3) is 3.03. The van der Waals surface area contributed by atoms with Crippen LogP contribution < -0.4 is 0 Å². The lowest BCUT2D eigenvalue weighted by atomic mass is 9.92. The summed E-state index contributed by atoms with van der Waals surface area (Å²) in [5.41, 5.74) is 2.83. The maximum Gasteiger partial charge on any atom is 0.255 e. The summed E-state index contributed by atoms with van der Waals surface area (Å²) in [7, 11) is 0. The number of halogens is 2. The van der Waals surface area contributed by atoms with Crippen molar-refractivity contribution in [2.24, 2.45) is 0 Å². The van der Waals surface area contributed by atoms with Crippen LogP contribution in [0.15, 0.2) is 48.0 Å². The van der Waals surface area contributed by atoms with Crippen LogP contribution in [-0.4, -0.2) is 22.5 Å². The lowest BCUT2D eigenvalue weighted by molar-refractivity contribution is -0.128. The van der Waals surface area contributed by atoms with E-state index in [0.717, 1.165) is 22.3 Å². The molecule has 0 aromatic heterocycles. The van der Waals surface area contributed by atoms with Crippen molar-refractivity contribution in [3.8, 4) is 5.75 Å². The van der Waals surface area contributed by atoms with Crippen molar-refractivity contribution in [3.05, 3.63) is 69.2 Å². The van der Waals surface area contributed by atoms with E-state index in [1.54, 1.807) is 12.1 Å². The van der Waals surface area contributed by atoms with Gasteiger partial charge in [0, 0.05) is 12.1 Å². The molecule has 1 aliphatic heterocycles. The van der Waals surface area contributed by atoms with Crippen molar-refractivity contribution >= 4 is 34.7 Å². The Labute approximate surface area is 157 Å². The molecule has 3 nitrogen and oxygen atoms in total. The van der Waals surface area contributed by atoms with Crippen LogP contribution >= 0.6 is 23.2 Å². The minimum Gasteiger partial charge on any atom is -0.505 e. The number of rotatable bonds is 3. The molecule has 0 saturated carbocycles.